The molecule has 2 aliphatic rings. The Balaban J connectivity index is 0.00000242. The average molecular weight is 359 g/mol. The SMILES string of the molecule is C=S1CC(C(C)C)=C(C)N2C(=O)[C-](NC(=O)C(C)=NC)[C@H]21.[V]. The van der Waals surface area contributed by atoms with Crippen LogP contribution >= 0.6 is 10.5 Å². The molecule has 1 radical (unpaired) electrons. The molecule has 2 amide bonds. The molecule has 1 unspecified atom stereocenters. The minimum atomic E-state index is -0.311. The van der Waals surface area contributed by atoms with Gasteiger partial charge in [0.15, 0.2) is 0 Å². The molecule has 0 aromatic carbocycles. The summed E-state index contributed by atoms with van der Waals surface area (Å²) in [6, 6.07) is 0.462. The van der Waals surface area contributed by atoms with E-state index in [1.165, 1.54) is 5.57 Å². The molecular weight excluding hydrogens is 337 g/mol. The van der Waals surface area contributed by atoms with Gasteiger partial charge in [0.25, 0.3) is 0 Å². The summed E-state index contributed by atoms with van der Waals surface area (Å²) in [7, 11) is 1.33. The van der Waals surface area contributed by atoms with Crippen molar-refractivity contribution in [3.63, 3.8) is 0 Å². The fourth-order valence-corrected chi connectivity index (χ4v) is 4.75. The van der Waals surface area contributed by atoms with Crippen LogP contribution in [-0.2, 0) is 28.1 Å². The topological polar surface area (TPSA) is 61.8 Å². The number of β-lactam (4-membered cyclic amide) rings is 1. The van der Waals surface area contributed by atoms with Gasteiger partial charge < -0.3 is 15.0 Å². The Bertz CT molecular complexity index is 583. The Morgan fingerprint density at radius 1 is 1.55 bits per heavy atom. The number of hydrogen-bond acceptors (Lipinski definition) is 3. The number of allylic oxidation sites excluding steroid dienone is 1. The van der Waals surface area contributed by atoms with Gasteiger partial charge in [0.05, 0.1) is 5.71 Å². The number of aliphatic imine (C=N–C) groups is 1. The Morgan fingerprint density at radius 3 is 2.64 bits per heavy atom. The third-order valence-corrected chi connectivity index (χ3v) is 5.78. The molecule has 121 valence electrons. The molecule has 2 atom stereocenters. The number of rotatable bonds is 3. The van der Waals surface area contributed by atoms with Gasteiger partial charge in [0.1, 0.15) is 5.91 Å². The van der Waals surface area contributed by atoms with Gasteiger partial charge in [0.2, 0.25) is 5.91 Å². The van der Waals surface area contributed by atoms with Crippen molar-refractivity contribution in [1.82, 2.24) is 10.2 Å². The van der Waals surface area contributed by atoms with E-state index in [0.29, 0.717) is 17.7 Å². The van der Waals surface area contributed by atoms with Crippen LogP contribution < -0.4 is 5.32 Å². The summed E-state index contributed by atoms with van der Waals surface area (Å²) >= 11 is 0. The van der Waals surface area contributed by atoms with Crippen LogP contribution in [0, 0.1) is 12.0 Å². The second-order valence-corrected chi connectivity index (χ2v) is 7.46. The zero-order valence-corrected chi connectivity index (χ0v) is 15.8. The van der Waals surface area contributed by atoms with Crippen LogP contribution in [-0.4, -0.2) is 46.5 Å². The summed E-state index contributed by atoms with van der Waals surface area (Å²) in [5.41, 5.74) is 2.67. The van der Waals surface area contributed by atoms with Crippen LogP contribution in [0.1, 0.15) is 27.7 Å². The molecule has 7 heteroatoms. The van der Waals surface area contributed by atoms with Crippen molar-refractivity contribution in [2.75, 3.05) is 12.8 Å². The van der Waals surface area contributed by atoms with E-state index in [2.05, 4.69) is 30.0 Å². The summed E-state index contributed by atoms with van der Waals surface area (Å²) < 4.78 is 0. The van der Waals surface area contributed by atoms with E-state index in [-0.39, 0.29) is 46.2 Å². The molecule has 22 heavy (non-hydrogen) atoms. The van der Waals surface area contributed by atoms with Gasteiger partial charge in [-0.25, -0.2) is 0 Å². The van der Waals surface area contributed by atoms with Crippen molar-refractivity contribution in [2.45, 2.75) is 33.1 Å². The molecular formula is C15H22N3O2SV-. The van der Waals surface area contributed by atoms with Gasteiger partial charge in [-0.05, 0) is 30.7 Å². The monoisotopic (exact) mass is 359 g/mol. The molecule has 1 N–H and O–H groups in total. The normalized spacial score (nSPS) is 24.8. The molecule has 5 nitrogen and oxygen atoms in total. The maximum absolute atomic E-state index is 12.3. The first kappa shape index (κ1) is 19.1. The van der Waals surface area contributed by atoms with E-state index >= 15 is 0 Å². The maximum atomic E-state index is 12.3. The van der Waals surface area contributed by atoms with Crippen molar-refractivity contribution in [3.8, 4) is 0 Å². The molecule has 0 saturated carbocycles. The molecule has 0 aliphatic carbocycles. The Hall–Kier alpha value is -0.976. The summed E-state index contributed by atoms with van der Waals surface area (Å²) in [4.78, 5) is 29.9. The number of nitrogens with zero attached hydrogens (tertiary/aromatic N) is 2. The van der Waals surface area contributed by atoms with Crippen molar-refractivity contribution in [1.29, 1.82) is 0 Å². The zero-order valence-electron chi connectivity index (χ0n) is 13.6. The van der Waals surface area contributed by atoms with E-state index < -0.39 is 0 Å². The van der Waals surface area contributed by atoms with Crippen LogP contribution in [0.3, 0.4) is 0 Å². The van der Waals surface area contributed by atoms with E-state index in [9.17, 15) is 9.59 Å². The Morgan fingerprint density at radius 2 is 2.14 bits per heavy atom. The van der Waals surface area contributed by atoms with Crippen LogP contribution in [0.25, 0.3) is 0 Å². The zero-order chi connectivity index (χ0) is 15.9. The van der Waals surface area contributed by atoms with Gasteiger partial charge >= 0.3 is 0 Å². The van der Waals surface area contributed by atoms with Gasteiger partial charge in [-0.15, -0.1) is 0 Å². The first-order chi connectivity index (χ1) is 9.79. The number of fused-ring (bicyclic) bond motifs is 1. The van der Waals surface area contributed by atoms with Gasteiger partial charge in [-0.3, -0.25) is 9.79 Å². The van der Waals surface area contributed by atoms with Crippen molar-refractivity contribution >= 4 is 33.9 Å². The predicted molar refractivity (Wildman–Crippen MR) is 88.2 cm³/mol. The molecule has 0 spiro atoms. The second kappa shape index (κ2) is 7.07. The number of amides is 2. The first-order valence-corrected chi connectivity index (χ1v) is 8.56. The van der Waals surface area contributed by atoms with Gasteiger partial charge in [0, 0.05) is 37.1 Å². The smallest absolute Gasteiger partial charge is 0.239 e. The summed E-state index contributed by atoms with van der Waals surface area (Å²) in [5, 5.41) is 2.62. The summed E-state index contributed by atoms with van der Waals surface area (Å²) in [6.07, 6.45) is 0. The first-order valence-electron chi connectivity index (χ1n) is 6.93. The predicted octanol–water partition coefficient (Wildman–Crippen LogP) is 1.54. The van der Waals surface area contributed by atoms with Gasteiger partial charge in [-0.2, -0.15) is 16.5 Å². The minimum Gasteiger partial charge on any atom is -0.471 e. The van der Waals surface area contributed by atoms with Crippen LogP contribution in [0.5, 0.6) is 0 Å². The molecule has 2 aliphatic heterocycles. The van der Waals surface area contributed by atoms with Crippen LogP contribution in [0.15, 0.2) is 16.3 Å². The molecule has 0 bridgehead atoms. The molecule has 0 aromatic heterocycles. The Labute approximate surface area is 146 Å². The fraction of sp³-hybridized carbons (Fsp3) is 0.533. The quantitative estimate of drug-likeness (QED) is 0.360. The number of carbonyl (C=O) groups excluding carboxylic acids is 2. The average Bonchev–Trinajstić information content (AvgIpc) is 2.44. The largest absolute Gasteiger partial charge is 0.471 e. The van der Waals surface area contributed by atoms with Gasteiger partial charge in [-0.1, -0.05) is 19.7 Å². The fourth-order valence-electron chi connectivity index (χ4n) is 2.60. The number of carbonyl (C=O) groups is 2. The van der Waals surface area contributed by atoms with Crippen LogP contribution in [0.4, 0.5) is 0 Å². The minimum absolute atomic E-state index is 0. The third-order valence-electron chi connectivity index (χ3n) is 4.02. The van der Waals surface area contributed by atoms with E-state index in [0.717, 1.165) is 11.4 Å². The summed E-state index contributed by atoms with van der Waals surface area (Å²) in [6.45, 7) is 7.87. The van der Waals surface area contributed by atoms with E-state index in [1.54, 1.807) is 18.9 Å². The molecule has 2 rings (SSSR count). The standard InChI is InChI=1S/C15H22N3O2S.V/c1-8(2)11-7-21(6)15-12(14(20)18(15)10(11)4)17-13(19)9(3)16-5;/h8,15H,6-7H2,1-5H3,(H,17,19);/q-1;/t15-,21?;/m1./s1. The second-order valence-electron chi connectivity index (χ2n) is 5.65. The molecule has 1 fully saturated rings. The summed E-state index contributed by atoms with van der Waals surface area (Å²) in [5.74, 6) is 5.07. The number of hydrogen-bond donors (Lipinski definition) is 1. The van der Waals surface area contributed by atoms with Crippen molar-refractivity contribution < 1.29 is 28.1 Å². The van der Waals surface area contributed by atoms with Crippen molar-refractivity contribution in [3.05, 3.63) is 17.3 Å². The third kappa shape index (κ3) is 3.05. The number of nitrogens with one attached hydrogen (secondary N) is 1. The van der Waals surface area contributed by atoms with Crippen LogP contribution in [0.2, 0.25) is 0 Å². The van der Waals surface area contributed by atoms with Crippen molar-refractivity contribution in [2.24, 2.45) is 10.9 Å². The maximum Gasteiger partial charge on any atom is 0.239 e. The van der Waals surface area contributed by atoms with E-state index in [1.807, 2.05) is 6.92 Å². The van der Waals surface area contributed by atoms with E-state index in [4.69, 9.17) is 0 Å². The molecule has 0 aromatic rings. The molecule has 1 saturated heterocycles. The molecule has 2 heterocycles. The Kier molecular flexibility index (Phi) is 6.13.